The van der Waals surface area contributed by atoms with E-state index in [0.29, 0.717) is 25.9 Å². The Kier molecular flexibility index (Phi) is 9.56. The van der Waals surface area contributed by atoms with Crippen molar-refractivity contribution >= 4 is 33.4 Å². The molecule has 1 fully saturated rings. The number of carbonyl (C=O) groups is 2. The van der Waals surface area contributed by atoms with Crippen LogP contribution in [-0.2, 0) is 29.1 Å². The van der Waals surface area contributed by atoms with Gasteiger partial charge in [0.15, 0.2) is 9.84 Å². The largest absolute Gasteiger partial charge is 0.465 e. The highest BCUT2D eigenvalue weighted by atomic mass is 35.5. The molecule has 1 atom stereocenters. The van der Waals surface area contributed by atoms with Crippen molar-refractivity contribution in [1.82, 2.24) is 15.1 Å². The maximum Gasteiger partial charge on any atom is 0.416 e. The fourth-order valence-electron chi connectivity index (χ4n) is 4.70. The first-order valence-corrected chi connectivity index (χ1v) is 14.3. The van der Waals surface area contributed by atoms with Crippen LogP contribution in [0.15, 0.2) is 35.2 Å². The number of amides is 2. The first-order chi connectivity index (χ1) is 18.1. The van der Waals surface area contributed by atoms with Crippen LogP contribution in [0, 0.1) is 6.92 Å². The number of likely N-dealkylation sites (tertiary alicyclic amines) is 1. The van der Waals surface area contributed by atoms with Gasteiger partial charge in [-0.05, 0) is 73.3 Å². The van der Waals surface area contributed by atoms with Gasteiger partial charge in [-0.1, -0.05) is 18.5 Å². The van der Waals surface area contributed by atoms with Crippen LogP contribution in [0.25, 0.3) is 0 Å². The second-order valence-corrected chi connectivity index (χ2v) is 12.3. The molecule has 39 heavy (non-hydrogen) atoms. The van der Waals surface area contributed by atoms with Crippen LogP contribution in [0.3, 0.4) is 0 Å². The number of nitrogens with zero attached hydrogens (tertiary/aromatic N) is 2. The second-order valence-electron chi connectivity index (χ2n) is 9.58. The molecule has 2 aromatic rings. The summed E-state index contributed by atoms with van der Waals surface area (Å²) < 4.78 is 67.3. The Balaban J connectivity index is 1.86. The molecule has 0 aromatic heterocycles. The van der Waals surface area contributed by atoms with Crippen molar-refractivity contribution in [3.63, 3.8) is 0 Å². The van der Waals surface area contributed by atoms with Crippen LogP contribution in [0.2, 0.25) is 5.02 Å². The first kappa shape index (κ1) is 30.7. The average molecular weight is 590 g/mol. The minimum Gasteiger partial charge on any atom is -0.465 e. The van der Waals surface area contributed by atoms with Crippen molar-refractivity contribution in [2.45, 2.75) is 56.9 Å². The van der Waals surface area contributed by atoms with Crippen LogP contribution in [0.5, 0.6) is 0 Å². The molecule has 214 valence electrons. The summed E-state index contributed by atoms with van der Waals surface area (Å²) in [5, 5.41) is 12.0. The Labute approximate surface area is 230 Å². The zero-order valence-electron chi connectivity index (χ0n) is 21.8. The topological polar surface area (TPSA) is 107 Å². The van der Waals surface area contributed by atoms with Gasteiger partial charge in [0.25, 0.3) is 5.91 Å². The first-order valence-electron chi connectivity index (χ1n) is 12.3. The SMILES string of the molecule is CCS(=O)(=O)c1ccc(Cl)cc1CNC(=O)c1cc(C)c(CN2CCC[C@H](N(C)C(=O)O)C2)c(C(F)(F)F)c1. The Morgan fingerprint density at radius 3 is 2.54 bits per heavy atom. The maximum atomic E-state index is 14.1. The van der Waals surface area contributed by atoms with Gasteiger partial charge in [-0.25, -0.2) is 13.2 Å². The molecular formula is C26H31ClF3N3O5S. The highest BCUT2D eigenvalue weighted by Crippen LogP contribution is 2.35. The highest BCUT2D eigenvalue weighted by molar-refractivity contribution is 7.91. The van der Waals surface area contributed by atoms with E-state index in [2.05, 4.69) is 5.32 Å². The van der Waals surface area contributed by atoms with E-state index in [1.807, 2.05) is 0 Å². The molecule has 3 rings (SSSR count). The number of piperidine rings is 1. The summed E-state index contributed by atoms with van der Waals surface area (Å²) in [4.78, 5) is 27.2. The average Bonchev–Trinajstić information content (AvgIpc) is 2.87. The van der Waals surface area contributed by atoms with E-state index in [-0.39, 0.29) is 57.1 Å². The third-order valence-corrected chi connectivity index (χ3v) is 8.99. The van der Waals surface area contributed by atoms with Crippen molar-refractivity contribution < 1.29 is 36.3 Å². The lowest BCUT2D eigenvalue weighted by atomic mass is 9.95. The highest BCUT2D eigenvalue weighted by Gasteiger charge is 2.36. The Bertz CT molecular complexity index is 1350. The van der Waals surface area contributed by atoms with Crippen LogP contribution in [0.1, 0.15) is 52.4 Å². The molecule has 1 heterocycles. The standard InChI is InChI=1S/C26H31ClF3N3O5S/c1-4-39(37,38)23-8-7-19(27)11-18(23)13-31-24(34)17-10-16(2)21(22(12-17)26(28,29)30)15-33-9-5-6-20(14-33)32(3)25(35)36/h7-8,10-12,20H,4-6,9,13-15H2,1-3H3,(H,31,34)(H,35,36)/t20-/m0/s1. The molecule has 13 heteroatoms. The van der Waals surface area contributed by atoms with Gasteiger partial charge in [0, 0.05) is 43.3 Å². The van der Waals surface area contributed by atoms with Crippen molar-refractivity contribution in [3.8, 4) is 0 Å². The van der Waals surface area contributed by atoms with Gasteiger partial charge in [-0.15, -0.1) is 0 Å². The van der Waals surface area contributed by atoms with Crippen molar-refractivity contribution in [3.05, 3.63) is 63.2 Å². The second kappa shape index (κ2) is 12.1. The summed E-state index contributed by atoms with van der Waals surface area (Å²) in [7, 11) is -2.18. The molecule has 0 saturated carbocycles. The van der Waals surface area contributed by atoms with Crippen molar-refractivity contribution in [1.29, 1.82) is 0 Å². The predicted molar refractivity (Wildman–Crippen MR) is 141 cm³/mol. The maximum absolute atomic E-state index is 14.1. The fraction of sp³-hybridized carbons (Fsp3) is 0.462. The van der Waals surface area contributed by atoms with E-state index >= 15 is 0 Å². The smallest absolute Gasteiger partial charge is 0.416 e. The molecule has 0 radical (unpaired) electrons. The molecular weight excluding hydrogens is 559 g/mol. The number of nitrogens with one attached hydrogen (secondary N) is 1. The summed E-state index contributed by atoms with van der Waals surface area (Å²) in [5.74, 6) is -0.966. The third kappa shape index (κ3) is 7.43. The zero-order valence-corrected chi connectivity index (χ0v) is 23.4. The molecule has 1 aliphatic rings. The molecule has 1 aliphatic heterocycles. The number of sulfone groups is 1. The molecule has 2 aromatic carbocycles. The van der Waals surface area contributed by atoms with Gasteiger partial charge in [-0.3, -0.25) is 9.69 Å². The van der Waals surface area contributed by atoms with E-state index in [9.17, 15) is 36.3 Å². The van der Waals surface area contributed by atoms with E-state index in [0.717, 1.165) is 6.07 Å². The summed E-state index contributed by atoms with van der Waals surface area (Å²) in [5.41, 5.74) is -0.649. The lowest BCUT2D eigenvalue weighted by Crippen LogP contribution is -2.48. The van der Waals surface area contributed by atoms with Crippen LogP contribution in [-0.4, -0.2) is 67.3 Å². The Hall–Kier alpha value is -2.83. The Morgan fingerprint density at radius 1 is 1.23 bits per heavy atom. The predicted octanol–water partition coefficient (Wildman–Crippen LogP) is 4.97. The van der Waals surface area contributed by atoms with Crippen LogP contribution >= 0.6 is 11.6 Å². The molecule has 0 spiro atoms. The number of rotatable bonds is 8. The number of hydrogen-bond acceptors (Lipinski definition) is 5. The third-order valence-electron chi connectivity index (χ3n) is 6.93. The zero-order chi connectivity index (χ0) is 29.1. The van der Waals surface area contributed by atoms with E-state index in [1.54, 1.807) is 4.90 Å². The van der Waals surface area contributed by atoms with E-state index in [1.165, 1.54) is 50.1 Å². The van der Waals surface area contributed by atoms with E-state index < -0.39 is 33.6 Å². The summed E-state index contributed by atoms with van der Waals surface area (Å²) in [6.07, 6.45) is -4.57. The van der Waals surface area contributed by atoms with Gasteiger partial charge in [-0.2, -0.15) is 13.2 Å². The van der Waals surface area contributed by atoms with Crippen LogP contribution < -0.4 is 5.32 Å². The fourth-order valence-corrected chi connectivity index (χ4v) is 6.02. The summed E-state index contributed by atoms with van der Waals surface area (Å²) >= 11 is 6.01. The van der Waals surface area contributed by atoms with E-state index in [4.69, 9.17) is 11.6 Å². The lowest BCUT2D eigenvalue weighted by Gasteiger charge is -2.37. The van der Waals surface area contributed by atoms with Crippen molar-refractivity contribution in [2.75, 3.05) is 25.9 Å². The minimum atomic E-state index is -4.74. The number of carboxylic acid groups (broad SMARTS) is 1. The molecule has 2 N–H and O–H groups in total. The quantitative estimate of drug-likeness (QED) is 0.450. The number of halogens is 4. The molecule has 0 aliphatic carbocycles. The molecule has 1 saturated heterocycles. The lowest BCUT2D eigenvalue weighted by molar-refractivity contribution is -0.138. The van der Waals surface area contributed by atoms with Gasteiger partial charge >= 0.3 is 12.3 Å². The number of aryl methyl sites for hydroxylation is 1. The summed E-state index contributed by atoms with van der Waals surface area (Å²) in [6, 6.07) is 5.98. The monoisotopic (exact) mass is 589 g/mol. The van der Waals surface area contributed by atoms with Gasteiger partial charge in [0.05, 0.1) is 16.2 Å². The number of hydrogen-bond donors (Lipinski definition) is 2. The van der Waals surface area contributed by atoms with Crippen LogP contribution in [0.4, 0.5) is 18.0 Å². The molecule has 0 bridgehead atoms. The van der Waals surface area contributed by atoms with Gasteiger partial charge < -0.3 is 15.3 Å². The summed E-state index contributed by atoms with van der Waals surface area (Å²) in [6.45, 7) is 3.49. The van der Waals surface area contributed by atoms with Gasteiger partial charge in [0.2, 0.25) is 0 Å². The number of alkyl halides is 3. The molecule has 2 amide bonds. The number of benzene rings is 2. The Morgan fingerprint density at radius 2 is 1.92 bits per heavy atom. The molecule has 0 unspecified atom stereocenters. The number of carbonyl (C=O) groups excluding carboxylic acids is 1. The molecule has 8 nitrogen and oxygen atoms in total. The number of likely N-dealkylation sites (N-methyl/N-ethyl adjacent to an activating group) is 1. The van der Waals surface area contributed by atoms with Gasteiger partial charge in [0.1, 0.15) is 0 Å². The van der Waals surface area contributed by atoms with Crippen molar-refractivity contribution in [2.24, 2.45) is 0 Å². The minimum absolute atomic E-state index is 0.00872. The normalized spacial score (nSPS) is 16.6.